The fourth-order valence-electron chi connectivity index (χ4n) is 10.7. The molecule has 1 aliphatic heterocycles. The second-order valence-corrected chi connectivity index (χ2v) is 16.6. The molecule has 2 aliphatic rings. The molecular weight excluding hydrogens is 734 g/mol. The van der Waals surface area contributed by atoms with Gasteiger partial charge in [0.25, 0.3) is 0 Å². The van der Waals surface area contributed by atoms with E-state index in [-0.39, 0.29) is 0 Å². The highest BCUT2D eigenvalue weighted by molar-refractivity contribution is 6.30. The van der Waals surface area contributed by atoms with E-state index < -0.39 is 5.41 Å². The number of halogens is 1. The Morgan fingerprint density at radius 2 is 0.932 bits per heavy atom. The molecule has 0 unspecified atom stereocenters. The Kier molecular flexibility index (Phi) is 6.77. The van der Waals surface area contributed by atoms with Gasteiger partial charge >= 0.3 is 0 Å². The van der Waals surface area contributed by atoms with Crippen LogP contribution >= 0.6 is 11.6 Å². The highest BCUT2D eigenvalue weighted by Gasteiger charge is 2.49. The van der Waals surface area contributed by atoms with E-state index in [1.54, 1.807) is 0 Å². The minimum absolute atomic E-state index is 0.605. The minimum Gasteiger partial charge on any atom is -0.308 e. The molecule has 1 aromatic heterocycles. The third kappa shape index (κ3) is 4.46. The number of hydrogen-bond acceptors (Lipinski definition) is 0. The summed E-state index contributed by atoms with van der Waals surface area (Å²) in [6.07, 6.45) is 0. The molecule has 0 fully saturated rings. The Balaban J connectivity index is 1.21. The number of rotatable bonds is 4. The van der Waals surface area contributed by atoms with Gasteiger partial charge in [-0.1, -0.05) is 181 Å². The van der Waals surface area contributed by atoms with Gasteiger partial charge in [0.1, 0.15) is 0 Å². The van der Waals surface area contributed by atoms with Gasteiger partial charge in [-0.15, -0.1) is 0 Å². The molecule has 1 aliphatic carbocycles. The number of para-hydroxylation sites is 2. The lowest BCUT2D eigenvalue weighted by Crippen LogP contribution is -2.28. The zero-order valence-electron chi connectivity index (χ0n) is 32.0. The zero-order chi connectivity index (χ0) is 38.8. The molecule has 0 spiro atoms. The van der Waals surface area contributed by atoms with Gasteiger partial charge in [0, 0.05) is 26.9 Å². The maximum absolute atomic E-state index is 6.28. The summed E-state index contributed by atoms with van der Waals surface area (Å²) in [5.74, 6) is 0. The maximum Gasteiger partial charge on any atom is 0.0715 e. The van der Waals surface area contributed by atoms with E-state index >= 15 is 0 Å². The highest BCUT2D eigenvalue weighted by atomic mass is 35.5. The van der Waals surface area contributed by atoms with E-state index in [1.165, 1.54) is 110 Å². The molecule has 0 atom stereocenters. The summed E-state index contributed by atoms with van der Waals surface area (Å²) in [7, 11) is 0. The van der Waals surface area contributed by atoms with Crippen LogP contribution in [0.1, 0.15) is 22.3 Å². The third-order valence-electron chi connectivity index (χ3n) is 13.3. The van der Waals surface area contributed by atoms with Gasteiger partial charge in [0.15, 0.2) is 0 Å². The third-order valence-corrected chi connectivity index (χ3v) is 13.5. The largest absolute Gasteiger partial charge is 0.308 e. The average molecular weight is 768 g/mol. The van der Waals surface area contributed by atoms with Crippen molar-refractivity contribution in [2.24, 2.45) is 0 Å². The van der Waals surface area contributed by atoms with Crippen LogP contribution in [0.4, 0.5) is 0 Å². The van der Waals surface area contributed by atoms with E-state index in [9.17, 15) is 0 Å². The SMILES string of the molecule is Clc1ccc(-c2ccc(-c3ccc4c5c3-c3ccccc3-n3c6ccccc6c6ccc(c-5c63)C4(c3ccc4ccccc4c3)c3ccc4ccccc4c3)cc2)cc1. The second-order valence-electron chi connectivity index (χ2n) is 16.1. The van der Waals surface area contributed by atoms with Gasteiger partial charge in [0.2, 0.25) is 0 Å². The van der Waals surface area contributed by atoms with Crippen molar-refractivity contribution in [1.82, 2.24) is 4.57 Å². The van der Waals surface area contributed by atoms with Gasteiger partial charge in [-0.25, -0.2) is 0 Å². The van der Waals surface area contributed by atoms with Gasteiger partial charge in [0.05, 0.1) is 22.1 Å². The van der Waals surface area contributed by atoms with Crippen LogP contribution in [0.5, 0.6) is 0 Å². The van der Waals surface area contributed by atoms with Crippen molar-refractivity contribution >= 4 is 55.0 Å². The van der Waals surface area contributed by atoms with Crippen molar-refractivity contribution in [2.45, 2.75) is 5.41 Å². The van der Waals surface area contributed by atoms with E-state index in [4.69, 9.17) is 11.6 Å². The summed E-state index contributed by atoms with van der Waals surface area (Å²) in [4.78, 5) is 0. The van der Waals surface area contributed by atoms with Crippen LogP contribution in [0.25, 0.3) is 93.5 Å². The maximum atomic E-state index is 6.28. The van der Waals surface area contributed by atoms with Crippen LogP contribution in [-0.4, -0.2) is 4.57 Å². The fraction of sp³-hybridized carbons (Fsp3) is 0.0175. The topological polar surface area (TPSA) is 4.93 Å². The molecule has 0 saturated heterocycles. The number of nitrogens with zero attached hydrogens (tertiary/aromatic N) is 1. The molecular formula is C57H34ClN. The first-order chi connectivity index (χ1) is 29.2. The van der Waals surface area contributed by atoms with E-state index in [1.807, 2.05) is 12.1 Å². The predicted molar refractivity (Wildman–Crippen MR) is 248 cm³/mol. The second kappa shape index (κ2) is 12.2. The molecule has 0 amide bonds. The number of hydrogen-bond donors (Lipinski definition) is 0. The van der Waals surface area contributed by atoms with Crippen LogP contribution in [0.3, 0.4) is 0 Å². The monoisotopic (exact) mass is 767 g/mol. The smallest absolute Gasteiger partial charge is 0.0715 e. The van der Waals surface area contributed by atoms with Gasteiger partial charge < -0.3 is 4.57 Å². The van der Waals surface area contributed by atoms with E-state index in [0.717, 1.165) is 10.6 Å². The highest BCUT2D eigenvalue weighted by Crippen LogP contribution is 2.63. The summed E-state index contributed by atoms with van der Waals surface area (Å²) in [6, 6.07) is 76.8. The molecule has 0 bridgehead atoms. The normalized spacial score (nSPS) is 13.3. The van der Waals surface area contributed by atoms with Crippen LogP contribution in [0.2, 0.25) is 5.02 Å². The first-order valence-electron chi connectivity index (χ1n) is 20.4. The van der Waals surface area contributed by atoms with Gasteiger partial charge in [-0.2, -0.15) is 0 Å². The van der Waals surface area contributed by atoms with E-state index in [2.05, 4.69) is 199 Å². The summed E-state index contributed by atoms with van der Waals surface area (Å²) in [5, 5.41) is 8.26. The zero-order valence-corrected chi connectivity index (χ0v) is 32.7. The molecule has 10 aromatic carbocycles. The van der Waals surface area contributed by atoms with Crippen LogP contribution in [0, 0.1) is 0 Å². The molecule has 0 saturated carbocycles. The quantitative estimate of drug-likeness (QED) is 0.168. The molecule has 1 nitrogen and oxygen atoms in total. The molecule has 2 heteroatoms. The minimum atomic E-state index is -0.605. The Bertz CT molecular complexity index is 3470. The lowest BCUT2D eigenvalue weighted by molar-refractivity contribution is 0.772. The molecule has 59 heavy (non-hydrogen) atoms. The van der Waals surface area contributed by atoms with Crippen molar-refractivity contribution < 1.29 is 0 Å². The Hall–Kier alpha value is -7.19. The van der Waals surface area contributed by atoms with Gasteiger partial charge in [-0.05, 0) is 114 Å². The van der Waals surface area contributed by atoms with Crippen LogP contribution in [0.15, 0.2) is 206 Å². The average Bonchev–Trinajstić information content (AvgIpc) is 3.75. The van der Waals surface area contributed by atoms with Gasteiger partial charge in [-0.3, -0.25) is 0 Å². The van der Waals surface area contributed by atoms with Crippen molar-refractivity contribution in [1.29, 1.82) is 0 Å². The van der Waals surface area contributed by atoms with Crippen molar-refractivity contribution in [3.05, 3.63) is 234 Å². The molecule has 0 N–H and O–H groups in total. The lowest BCUT2D eigenvalue weighted by atomic mass is 9.66. The number of benzene rings is 10. The summed E-state index contributed by atoms with van der Waals surface area (Å²) < 4.78 is 2.56. The molecule has 11 aromatic rings. The van der Waals surface area contributed by atoms with Crippen molar-refractivity contribution in [3.8, 4) is 50.2 Å². The summed E-state index contributed by atoms with van der Waals surface area (Å²) in [6.45, 7) is 0. The van der Waals surface area contributed by atoms with Crippen LogP contribution in [-0.2, 0) is 5.41 Å². The standard InChI is InChI=1S/C57H34ClN/c58-44-27-23-38(24-28-44)37-17-19-39(20-18-37)45-29-31-49-54-53(45)48-14-6-8-16-52(48)59-51-15-7-5-13-46(51)47-30-32-50(55(54)56(47)59)57(49,42-25-21-35-9-1-3-11-40(35)33-42)43-26-22-36-10-2-4-12-41(36)34-43/h1-34H. The van der Waals surface area contributed by atoms with Crippen molar-refractivity contribution in [3.63, 3.8) is 0 Å². The Morgan fingerprint density at radius 3 is 1.64 bits per heavy atom. The summed E-state index contributed by atoms with van der Waals surface area (Å²) >= 11 is 6.28. The number of aromatic nitrogens is 1. The molecule has 13 rings (SSSR count). The predicted octanol–water partition coefficient (Wildman–Crippen LogP) is 15.4. The van der Waals surface area contributed by atoms with Crippen molar-refractivity contribution in [2.75, 3.05) is 0 Å². The molecule has 274 valence electrons. The Labute approximate surface area is 347 Å². The fourth-order valence-corrected chi connectivity index (χ4v) is 10.8. The molecule has 0 radical (unpaired) electrons. The Morgan fingerprint density at radius 1 is 0.373 bits per heavy atom. The first kappa shape index (κ1) is 32.8. The number of fused-ring (bicyclic) bond motifs is 8. The summed E-state index contributed by atoms with van der Waals surface area (Å²) in [5.41, 5.74) is 18.2. The first-order valence-corrected chi connectivity index (χ1v) is 20.7. The lowest BCUT2D eigenvalue weighted by Gasteiger charge is -2.35. The van der Waals surface area contributed by atoms with Crippen LogP contribution < -0.4 is 0 Å². The van der Waals surface area contributed by atoms with E-state index in [0.29, 0.717) is 0 Å². The molecule has 2 heterocycles.